The number of aromatic carboxylic acids is 1. The summed E-state index contributed by atoms with van der Waals surface area (Å²) in [5.41, 5.74) is 0.126. The molecule has 0 aliphatic carbocycles. The fourth-order valence-corrected chi connectivity index (χ4v) is 1.22. The molecule has 0 unspecified atom stereocenters. The quantitative estimate of drug-likeness (QED) is 0.898. The second-order valence-corrected chi connectivity index (χ2v) is 3.25. The Labute approximate surface area is 88.9 Å². The molecule has 1 N–H and O–H groups in total. The van der Waals surface area contributed by atoms with Gasteiger partial charge in [-0.15, -0.1) is 0 Å². The minimum absolute atomic E-state index is 0.109. The van der Waals surface area contributed by atoms with Crippen molar-refractivity contribution in [2.45, 2.75) is 0 Å². The predicted molar refractivity (Wildman–Crippen MR) is 52.2 cm³/mol. The molecule has 0 radical (unpaired) electrons. The molecule has 5 heteroatoms. The third kappa shape index (κ3) is 2.47. The van der Waals surface area contributed by atoms with Crippen LogP contribution in [-0.2, 0) is 0 Å². The number of hydrogen-bond acceptors (Lipinski definition) is 3. The molecule has 0 saturated heterocycles. The first-order chi connectivity index (χ1) is 6.65. The second kappa shape index (κ2) is 4.63. The lowest BCUT2D eigenvalue weighted by Crippen LogP contribution is -1.99. The lowest BCUT2D eigenvalue weighted by atomic mass is 10.2. The van der Waals surface area contributed by atoms with Crippen LogP contribution in [0.5, 0.6) is 5.75 Å². The molecule has 1 aromatic carbocycles. The molecule has 14 heavy (non-hydrogen) atoms. The van der Waals surface area contributed by atoms with Crippen molar-refractivity contribution in [1.82, 2.24) is 0 Å². The van der Waals surface area contributed by atoms with Crippen LogP contribution in [0.4, 0.5) is 0 Å². The molecule has 0 amide bonds. The summed E-state index contributed by atoms with van der Waals surface area (Å²) in [5.74, 6) is -0.675. The number of carbonyl (C=O) groups is 1. The van der Waals surface area contributed by atoms with Crippen molar-refractivity contribution in [3.05, 3.63) is 28.2 Å². The van der Waals surface area contributed by atoms with Crippen molar-refractivity contribution < 1.29 is 14.6 Å². The third-order valence-electron chi connectivity index (χ3n) is 1.47. The van der Waals surface area contributed by atoms with Crippen LogP contribution < -0.4 is 4.74 Å². The molecular formula is C9H6BrNO3. The van der Waals surface area contributed by atoms with Crippen LogP contribution in [0.25, 0.3) is 0 Å². The third-order valence-corrected chi connectivity index (χ3v) is 2.13. The molecule has 0 heterocycles. The lowest BCUT2D eigenvalue weighted by Gasteiger charge is -2.04. The highest BCUT2D eigenvalue weighted by atomic mass is 79.9. The summed E-state index contributed by atoms with van der Waals surface area (Å²) in [7, 11) is 0. The fourth-order valence-electron chi connectivity index (χ4n) is 0.857. The van der Waals surface area contributed by atoms with E-state index >= 15 is 0 Å². The molecule has 0 fully saturated rings. The van der Waals surface area contributed by atoms with E-state index in [4.69, 9.17) is 15.1 Å². The van der Waals surface area contributed by atoms with E-state index in [0.717, 1.165) is 0 Å². The zero-order valence-corrected chi connectivity index (χ0v) is 8.61. The van der Waals surface area contributed by atoms with E-state index in [1.165, 1.54) is 12.1 Å². The van der Waals surface area contributed by atoms with Gasteiger partial charge in [0.1, 0.15) is 11.8 Å². The van der Waals surface area contributed by atoms with Crippen LogP contribution in [0.2, 0.25) is 0 Å². The number of benzene rings is 1. The van der Waals surface area contributed by atoms with E-state index in [1.54, 1.807) is 12.1 Å². The number of nitrogens with zero attached hydrogens (tertiary/aromatic N) is 1. The molecule has 0 aromatic heterocycles. The first-order valence-corrected chi connectivity index (χ1v) is 4.47. The largest absolute Gasteiger partial charge is 0.478 e. The monoisotopic (exact) mass is 255 g/mol. The molecule has 0 bridgehead atoms. The van der Waals surface area contributed by atoms with Crippen LogP contribution in [0.1, 0.15) is 10.4 Å². The average molecular weight is 256 g/mol. The summed E-state index contributed by atoms with van der Waals surface area (Å²) in [6.07, 6.45) is 0. The summed E-state index contributed by atoms with van der Waals surface area (Å²) in [6, 6.07) is 6.18. The van der Waals surface area contributed by atoms with Crippen molar-refractivity contribution >= 4 is 21.9 Å². The predicted octanol–water partition coefficient (Wildman–Crippen LogP) is 2.05. The number of carboxylic acids is 1. The van der Waals surface area contributed by atoms with E-state index in [0.29, 0.717) is 10.2 Å². The molecule has 1 aromatic rings. The van der Waals surface area contributed by atoms with Gasteiger partial charge in [-0.3, -0.25) is 0 Å². The standard InChI is InChI=1S/C9H6BrNO3/c10-7-2-1-6(9(12)13)5-8(7)14-4-3-11/h1-2,5H,4H2,(H,12,13). The maximum atomic E-state index is 10.6. The van der Waals surface area contributed by atoms with E-state index < -0.39 is 5.97 Å². The Kier molecular flexibility index (Phi) is 3.48. The number of hydrogen-bond donors (Lipinski definition) is 1. The van der Waals surface area contributed by atoms with Gasteiger partial charge in [0.05, 0.1) is 10.0 Å². The zero-order chi connectivity index (χ0) is 10.6. The van der Waals surface area contributed by atoms with Crippen molar-refractivity contribution in [2.75, 3.05) is 6.61 Å². The summed E-state index contributed by atoms with van der Waals surface area (Å²) < 4.78 is 5.63. The Bertz CT molecular complexity index is 398. The first kappa shape index (κ1) is 10.5. The van der Waals surface area contributed by atoms with E-state index in [9.17, 15) is 4.79 Å². The highest BCUT2D eigenvalue weighted by Crippen LogP contribution is 2.25. The Morgan fingerprint density at radius 3 is 2.93 bits per heavy atom. The summed E-state index contributed by atoms with van der Waals surface area (Å²) in [5, 5.41) is 17.0. The number of carboxylic acid groups (broad SMARTS) is 1. The molecule has 0 atom stereocenters. The van der Waals surface area contributed by atoms with Gasteiger partial charge >= 0.3 is 5.97 Å². The van der Waals surface area contributed by atoms with Crippen molar-refractivity contribution in [1.29, 1.82) is 5.26 Å². The van der Waals surface area contributed by atoms with Crippen molar-refractivity contribution in [3.63, 3.8) is 0 Å². The fraction of sp³-hybridized carbons (Fsp3) is 0.111. The smallest absolute Gasteiger partial charge is 0.335 e. The van der Waals surface area contributed by atoms with Gasteiger partial charge in [0.2, 0.25) is 0 Å². The highest BCUT2D eigenvalue weighted by Gasteiger charge is 2.07. The SMILES string of the molecule is N#CCOc1cc(C(=O)O)ccc1Br. The van der Waals surface area contributed by atoms with Gasteiger partial charge in [0.15, 0.2) is 6.61 Å². The molecular weight excluding hydrogens is 250 g/mol. The van der Waals surface area contributed by atoms with E-state index in [2.05, 4.69) is 15.9 Å². The number of ether oxygens (including phenoxy) is 1. The highest BCUT2D eigenvalue weighted by molar-refractivity contribution is 9.10. The molecule has 0 spiro atoms. The molecule has 0 aliphatic rings. The van der Waals surface area contributed by atoms with Crippen LogP contribution in [0.3, 0.4) is 0 Å². The van der Waals surface area contributed by atoms with Crippen LogP contribution in [0, 0.1) is 11.3 Å². The van der Waals surface area contributed by atoms with Gasteiger partial charge in [0.25, 0.3) is 0 Å². The van der Waals surface area contributed by atoms with Crippen LogP contribution in [0.15, 0.2) is 22.7 Å². The number of nitriles is 1. The van der Waals surface area contributed by atoms with Gasteiger partial charge in [0, 0.05) is 0 Å². The Morgan fingerprint density at radius 2 is 2.36 bits per heavy atom. The van der Waals surface area contributed by atoms with E-state index in [1.807, 2.05) is 0 Å². The van der Waals surface area contributed by atoms with Crippen LogP contribution in [-0.4, -0.2) is 17.7 Å². The molecule has 0 saturated carbocycles. The van der Waals surface area contributed by atoms with Gasteiger partial charge < -0.3 is 9.84 Å². The normalized spacial score (nSPS) is 9.14. The molecule has 72 valence electrons. The maximum absolute atomic E-state index is 10.6. The van der Waals surface area contributed by atoms with Gasteiger partial charge in [-0.05, 0) is 34.1 Å². The average Bonchev–Trinajstić information content (AvgIpc) is 2.16. The van der Waals surface area contributed by atoms with E-state index in [-0.39, 0.29) is 12.2 Å². The Hall–Kier alpha value is -1.54. The lowest BCUT2D eigenvalue weighted by molar-refractivity contribution is 0.0696. The minimum atomic E-state index is -1.03. The molecule has 1 rings (SSSR count). The summed E-state index contributed by atoms with van der Waals surface area (Å²) in [6.45, 7) is -0.109. The topological polar surface area (TPSA) is 70.3 Å². The van der Waals surface area contributed by atoms with Gasteiger partial charge in [-0.1, -0.05) is 0 Å². The Balaban J connectivity index is 2.97. The number of halogens is 1. The number of rotatable bonds is 3. The zero-order valence-electron chi connectivity index (χ0n) is 7.03. The maximum Gasteiger partial charge on any atom is 0.335 e. The second-order valence-electron chi connectivity index (χ2n) is 2.40. The Morgan fingerprint density at radius 1 is 1.64 bits per heavy atom. The molecule has 0 aliphatic heterocycles. The minimum Gasteiger partial charge on any atom is -0.478 e. The summed E-state index contributed by atoms with van der Waals surface area (Å²) in [4.78, 5) is 10.6. The van der Waals surface area contributed by atoms with Gasteiger partial charge in [-0.25, -0.2) is 4.79 Å². The van der Waals surface area contributed by atoms with Crippen molar-refractivity contribution in [3.8, 4) is 11.8 Å². The summed E-state index contributed by atoms with van der Waals surface area (Å²) >= 11 is 3.18. The molecule has 4 nitrogen and oxygen atoms in total. The first-order valence-electron chi connectivity index (χ1n) is 3.67. The van der Waals surface area contributed by atoms with Crippen LogP contribution >= 0.6 is 15.9 Å². The van der Waals surface area contributed by atoms with Crippen molar-refractivity contribution in [2.24, 2.45) is 0 Å². The van der Waals surface area contributed by atoms with Gasteiger partial charge in [-0.2, -0.15) is 5.26 Å².